The van der Waals surface area contributed by atoms with Gasteiger partial charge >= 0.3 is 0 Å². The fourth-order valence-corrected chi connectivity index (χ4v) is 3.19. The molecule has 0 aliphatic carbocycles. The van der Waals surface area contributed by atoms with Crippen molar-refractivity contribution in [1.82, 2.24) is 4.72 Å². The molecule has 8 heteroatoms. The molecule has 0 fully saturated rings. The van der Waals surface area contributed by atoms with E-state index in [1.165, 1.54) is 26.1 Å². The van der Waals surface area contributed by atoms with Gasteiger partial charge in [-0.2, -0.15) is 0 Å². The molecule has 2 aromatic rings. The number of carbonyl (C=O) groups is 2. The number of aryl methyl sites for hydroxylation is 2. The van der Waals surface area contributed by atoms with Crippen LogP contribution in [0.4, 0.5) is 11.4 Å². The third kappa shape index (κ3) is 5.90. The van der Waals surface area contributed by atoms with E-state index in [4.69, 9.17) is 0 Å². The molecule has 0 aromatic heterocycles. The summed E-state index contributed by atoms with van der Waals surface area (Å²) < 4.78 is 25.7. The maximum atomic E-state index is 12.2. The molecule has 0 unspecified atom stereocenters. The van der Waals surface area contributed by atoms with Gasteiger partial charge in [0.05, 0.1) is 4.90 Å². The highest BCUT2D eigenvalue weighted by Gasteiger charge is 2.11. The number of nitrogens with one attached hydrogen (secondary N) is 3. The minimum atomic E-state index is -3.46. The molecule has 0 radical (unpaired) electrons. The third-order valence-corrected chi connectivity index (χ3v) is 5.41. The van der Waals surface area contributed by atoms with Gasteiger partial charge in [0.2, 0.25) is 21.8 Å². The normalized spacial score (nSPS) is 11.1. The standard InChI is InChI=1S/C19H23N3O4S/c1-13-4-8-16(12-18(13)21-14(2)23)22-19(24)11-7-15-5-9-17(10-6-15)27(25,26)20-3/h4-6,8-10,12,20H,7,11H2,1-3H3,(H,21,23)(H,22,24). The molecule has 0 spiro atoms. The van der Waals surface area contributed by atoms with Crippen LogP contribution in [0.2, 0.25) is 0 Å². The van der Waals surface area contributed by atoms with Crippen molar-refractivity contribution in [2.24, 2.45) is 0 Å². The van der Waals surface area contributed by atoms with Crippen LogP contribution in [-0.2, 0) is 26.0 Å². The second-order valence-electron chi connectivity index (χ2n) is 6.11. The molecule has 0 atom stereocenters. The van der Waals surface area contributed by atoms with Crippen LogP contribution in [0.5, 0.6) is 0 Å². The number of benzene rings is 2. The van der Waals surface area contributed by atoms with Crippen molar-refractivity contribution >= 4 is 33.2 Å². The predicted octanol–water partition coefficient (Wildman–Crippen LogP) is 2.43. The Morgan fingerprint density at radius 3 is 2.26 bits per heavy atom. The van der Waals surface area contributed by atoms with Gasteiger partial charge in [0.25, 0.3) is 0 Å². The minimum absolute atomic E-state index is 0.167. The molecule has 0 aliphatic rings. The number of carbonyl (C=O) groups excluding carboxylic acids is 2. The second-order valence-corrected chi connectivity index (χ2v) is 8.00. The summed E-state index contributed by atoms with van der Waals surface area (Å²) in [5.74, 6) is -0.343. The van der Waals surface area contributed by atoms with E-state index in [0.717, 1.165) is 11.1 Å². The van der Waals surface area contributed by atoms with Gasteiger partial charge in [-0.05, 0) is 55.8 Å². The monoisotopic (exact) mass is 389 g/mol. The zero-order valence-corrected chi connectivity index (χ0v) is 16.3. The van der Waals surface area contributed by atoms with Crippen molar-refractivity contribution in [2.75, 3.05) is 17.7 Å². The van der Waals surface area contributed by atoms with Crippen molar-refractivity contribution in [1.29, 1.82) is 0 Å². The SMILES string of the molecule is CNS(=O)(=O)c1ccc(CCC(=O)Nc2ccc(C)c(NC(C)=O)c2)cc1. The smallest absolute Gasteiger partial charge is 0.240 e. The van der Waals surface area contributed by atoms with Gasteiger partial charge in [0.15, 0.2) is 0 Å². The Morgan fingerprint density at radius 1 is 1.00 bits per heavy atom. The Balaban J connectivity index is 1.96. The Hall–Kier alpha value is -2.71. The van der Waals surface area contributed by atoms with E-state index in [2.05, 4.69) is 15.4 Å². The minimum Gasteiger partial charge on any atom is -0.326 e. The van der Waals surface area contributed by atoms with Crippen LogP contribution >= 0.6 is 0 Å². The van der Waals surface area contributed by atoms with Crippen LogP contribution in [0.25, 0.3) is 0 Å². The lowest BCUT2D eigenvalue weighted by atomic mass is 10.1. The van der Waals surface area contributed by atoms with Gasteiger partial charge in [-0.1, -0.05) is 18.2 Å². The first-order chi connectivity index (χ1) is 12.7. The van der Waals surface area contributed by atoms with Gasteiger partial charge in [-0.25, -0.2) is 13.1 Å². The van der Waals surface area contributed by atoms with Gasteiger partial charge in [0, 0.05) is 24.7 Å². The van der Waals surface area contributed by atoms with Gasteiger partial charge in [0.1, 0.15) is 0 Å². The van der Waals surface area contributed by atoms with Crippen molar-refractivity contribution in [2.45, 2.75) is 31.6 Å². The van der Waals surface area contributed by atoms with E-state index >= 15 is 0 Å². The molecule has 0 saturated heterocycles. The van der Waals surface area contributed by atoms with Crippen molar-refractivity contribution in [3.8, 4) is 0 Å². The first kappa shape index (κ1) is 20.6. The third-order valence-electron chi connectivity index (χ3n) is 3.98. The lowest BCUT2D eigenvalue weighted by Crippen LogP contribution is -2.18. The van der Waals surface area contributed by atoms with Crippen molar-refractivity contribution < 1.29 is 18.0 Å². The molecule has 144 valence electrons. The largest absolute Gasteiger partial charge is 0.326 e. The zero-order valence-electron chi connectivity index (χ0n) is 15.5. The summed E-state index contributed by atoms with van der Waals surface area (Å²) in [4.78, 5) is 23.6. The molecule has 2 aromatic carbocycles. The average molecular weight is 389 g/mol. The van der Waals surface area contributed by atoms with E-state index in [0.29, 0.717) is 17.8 Å². The maximum Gasteiger partial charge on any atom is 0.240 e. The summed E-state index contributed by atoms with van der Waals surface area (Å²) in [6.07, 6.45) is 0.734. The van der Waals surface area contributed by atoms with E-state index in [1.807, 2.05) is 13.0 Å². The predicted molar refractivity (Wildman–Crippen MR) is 105 cm³/mol. The van der Waals surface area contributed by atoms with Crippen molar-refractivity contribution in [3.63, 3.8) is 0 Å². The lowest BCUT2D eigenvalue weighted by molar-refractivity contribution is -0.116. The molecule has 0 bridgehead atoms. The highest BCUT2D eigenvalue weighted by Crippen LogP contribution is 2.20. The molecular weight excluding hydrogens is 366 g/mol. The summed E-state index contributed by atoms with van der Waals surface area (Å²) in [5, 5.41) is 5.52. The fourth-order valence-electron chi connectivity index (χ4n) is 2.46. The molecule has 0 heterocycles. The first-order valence-corrected chi connectivity index (χ1v) is 9.90. The van der Waals surface area contributed by atoms with Crippen LogP contribution in [0.15, 0.2) is 47.4 Å². The summed E-state index contributed by atoms with van der Waals surface area (Å²) in [6.45, 7) is 3.30. The molecule has 27 heavy (non-hydrogen) atoms. The number of sulfonamides is 1. The van der Waals surface area contributed by atoms with Crippen LogP contribution in [0.3, 0.4) is 0 Å². The van der Waals surface area contributed by atoms with Gasteiger partial charge < -0.3 is 10.6 Å². The number of hydrogen-bond donors (Lipinski definition) is 3. The van der Waals surface area contributed by atoms with E-state index in [9.17, 15) is 18.0 Å². The second kappa shape index (κ2) is 8.79. The Kier molecular flexibility index (Phi) is 6.70. The van der Waals surface area contributed by atoms with Crippen LogP contribution in [0.1, 0.15) is 24.5 Å². The van der Waals surface area contributed by atoms with E-state index in [1.54, 1.807) is 24.3 Å². The highest BCUT2D eigenvalue weighted by atomic mass is 32.2. The lowest BCUT2D eigenvalue weighted by Gasteiger charge is -2.11. The van der Waals surface area contributed by atoms with E-state index < -0.39 is 10.0 Å². The van der Waals surface area contributed by atoms with Gasteiger partial charge in [-0.15, -0.1) is 0 Å². The molecule has 2 rings (SSSR count). The highest BCUT2D eigenvalue weighted by molar-refractivity contribution is 7.89. The van der Waals surface area contributed by atoms with Crippen LogP contribution in [0, 0.1) is 6.92 Å². The number of rotatable bonds is 7. The quantitative estimate of drug-likeness (QED) is 0.676. The zero-order chi connectivity index (χ0) is 20.0. The molecular formula is C19H23N3O4S. The molecule has 0 saturated carbocycles. The molecule has 2 amide bonds. The summed E-state index contributed by atoms with van der Waals surface area (Å²) in [6, 6.07) is 11.7. The number of anilines is 2. The van der Waals surface area contributed by atoms with Crippen molar-refractivity contribution in [3.05, 3.63) is 53.6 Å². The summed E-state index contributed by atoms with van der Waals surface area (Å²) in [7, 11) is -2.11. The average Bonchev–Trinajstić information content (AvgIpc) is 2.63. The Labute approximate surface area is 159 Å². The topological polar surface area (TPSA) is 104 Å². The number of hydrogen-bond acceptors (Lipinski definition) is 4. The first-order valence-electron chi connectivity index (χ1n) is 8.42. The summed E-state index contributed by atoms with van der Waals surface area (Å²) >= 11 is 0. The Morgan fingerprint density at radius 2 is 1.67 bits per heavy atom. The fraction of sp³-hybridized carbons (Fsp3) is 0.263. The molecule has 0 aliphatic heterocycles. The van der Waals surface area contributed by atoms with Crippen LogP contribution < -0.4 is 15.4 Å². The van der Waals surface area contributed by atoms with Crippen LogP contribution in [-0.4, -0.2) is 27.3 Å². The van der Waals surface area contributed by atoms with Gasteiger partial charge in [-0.3, -0.25) is 9.59 Å². The Bertz CT molecular complexity index is 938. The molecule has 7 nitrogen and oxygen atoms in total. The van der Waals surface area contributed by atoms with E-state index in [-0.39, 0.29) is 23.1 Å². The summed E-state index contributed by atoms with van der Waals surface area (Å²) in [5.41, 5.74) is 3.02. The number of amides is 2. The molecule has 3 N–H and O–H groups in total. The maximum absolute atomic E-state index is 12.2.